The summed E-state index contributed by atoms with van der Waals surface area (Å²) in [5, 5.41) is 7.96. The Bertz CT molecular complexity index is 682. The van der Waals surface area contributed by atoms with Gasteiger partial charge in [0.25, 0.3) is 0 Å². The quantitative estimate of drug-likeness (QED) is 0.674. The Hall–Kier alpha value is -1.82. The molecule has 140 valence electrons. The lowest BCUT2D eigenvalue weighted by Gasteiger charge is -2.20. The number of aromatic nitrogens is 3. The third-order valence-corrected chi connectivity index (χ3v) is 5.88. The normalized spacial score (nSPS) is 14.7. The van der Waals surface area contributed by atoms with Gasteiger partial charge in [-0.2, -0.15) is 0 Å². The third-order valence-electron chi connectivity index (χ3n) is 5.05. The number of nitrogens with zero attached hydrogens (tertiary/aromatic N) is 3. The van der Waals surface area contributed by atoms with E-state index in [-0.39, 0.29) is 5.91 Å². The van der Waals surface area contributed by atoms with Crippen molar-refractivity contribution >= 4 is 17.7 Å². The van der Waals surface area contributed by atoms with E-state index in [0.29, 0.717) is 24.0 Å². The first-order valence-corrected chi connectivity index (χ1v) is 10.6. The molecule has 0 atom stereocenters. The van der Waals surface area contributed by atoms with Gasteiger partial charge < -0.3 is 4.90 Å². The molecule has 0 unspecified atom stereocenters. The SMILES string of the molecule is CCN(Cc1ccccc1)C(=O)CSc1n[nH]c(CCC2CCCC2)n1. The molecule has 1 aromatic carbocycles. The molecule has 6 heteroatoms. The fourth-order valence-corrected chi connectivity index (χ4v) is 4.21. The first kappa shape index (κ1) is 19.0. The molecule has 1 aliphatic carbocycles. The second-order valence-electron chi connectivity index (χ2n) is 6.94. The van der Waals surface area contributed by atoms with Crippen molar-refractivity contribution in [1.29, 1.82) is 0 Å². The van der Waals surface area contributed by atoms with Crippen LogP contribution in [-0.2, 0) is 17.8 Å². The fraction of sp³-hybridized carbons (Fsp3) is 0.550. The van der Waals surface area contributed by atoms with Crippen molar-refractivity contribution in [2.75, 3.05) is 12.3 Å². The molecular weight excluding hydrogens is 344 g/mol. The Kier molecular flexibility index (Phi) is 7.12. The average Bonchev–Trinajstić information content (AvgIpc) is 3.35. The molecule has 26 heavy (non-hydrogen) atoms. The van der Waals surface area contributed by atoms with Crippen molar-refractivity contribution in [3.63, 3.8) is 0 Å². The topological polar surface area (TPSA) is 61.9 Å². The number of rotatable bonds is 9. The van der Waals surface area contributed by atoms with E-state index in [1.54, 1.807) is 0 Å². The van der Waals surface area contributed by atoms with E-state index < -0.39 is 0 Å². The van der Waals surface area contributed by atoms with E-state index in [1.165, 1.54) is 43.9 Å². The molecule has 0 bridgehead atoms. The summed E-state index contributed by atoms with van der Waals surface area (Å²) in [6.45, 7) is 3.37. The first-order chi connectivity index (χ1) is 12.7. The second kappa shape index (κ2) is 9.76. The van der Waals surface area contributed by atoms with Crippen molar-refractivity contribution < 1.29 is 4.79 Å². The molecule has 3 rings (SSSR count). The third kappa shape index (κ3) is 5.59. The lowest BCUT2D eigenvalue weighted by atomic mass is 10.0. The minimum atomic E-state index is 0.124. The van der Waals surface area contributed by atoms with E-state index in [9.17, 15) is 4.79 Å². The van der Waals surface area contributed by atoms with E-state index in [4.69, 9.17) is 0 Å². The molecule has 1 heterocycles. The molecular formula is C20H28N4OS. The fourth-order valence-electron chi connectivity index (χ4n) is 3.49. The number of aryl methyl sites for hydroxylation is 1. The van der Waals surface area contributed by atoms with Crippen molar-refractivity contribution in [1.82, 2.24) is 20.1 Å². The van der Waals surface area contributed by atoms with Gasteiger partial charge in [0.1, 0.15) is 5.82 Å². The number of carbonyl (C=O) groups excluding carboxylic acids is 1. The molecule has 0 aliphatic heterocycles. The molecule has 1 N–H and O–H groups in total. The Balaban J connectivity index is 1.44. The summed E-state index contributed by atoms with van der Waals surface area (Å²) in [6.07, 6.45) is 7.62. The number of hydrogen-bond donors (Lipinski definition) is 1. The summed E-state index contributed by atoms with van der Waals surface area (Å²) in [5.74, 6) is 2.30. The van der Waals surface area contributed by atoms with Crippen molar-refractivity contribution in [2.45, 2.75) is 57.1 Å². The van der Waals surface area contributed by atoms with Crippen molar-refractivity contribution in [3.05, 3.63) is 41.7 Å². The van der Waals surface area contributed by atoms with Gasteiger partial charge in [0, 0.05) is 19.5 Å². The second-order valence-corrected chi connectivity index (χ2v) is 7.88. The Morgan fingerprint density at radius 1 is 1.27 bits per heavy atom. The van der Waals surface area contributed by atoms with Crippen LogP contribution in [0.25, 0.3) is 0 Å². The number of thioether (sulfide) groups is 1. The largest absolute Gasteiger partial charge is 0.338 e. The summed E-state index contributed by atoms with van der Waals surface area (Å²) in [5.41, 5.74) is 1.15. The maximum Gasteiger partial charge on any atom is 0.233 e. The van der Waals surface area contributed by atoms with Gasteiger partial charge in [-0.15, -0.1) is 5.10 Å². The molecule has 1 fully saturated rings. The summed E-state index contributed by atoms with van der Waals surface area (Å²) in [6, 6.07) is 10.1. The molecule has 1 saturated carbocycles. The van der Waals surface area contributed by atoms with Gasteiger partial charge in [-0.3, -0.25) is 9.89 Å². The maximum atomic E-state index is 12.5. The van der Waals surface area contributed by atoms with Gasteiger partial charge in [0.15, 0.2) is 0 Å². The van der Waals surface area contributed by atoms with Gasteiger partial charge in [-0.05, 0) is 24.8 Å². The minimum absolute atomic E-state index is 0.124. The number of carbonyl (C=O) groups is 1. The highest BCUT2D eigenvalue weighted by atomic mass is 32.2. The summed E-state index contributed by atoms with van der Waals surface area (Å²) in [4.78, 5) is 18.9. The zero-order valence-electron chi connectivity index (χ0n) is 15.5. The molecule has 5 nitrogen and oxygen atoms in total. The van der Waals surface area contributed by atoms with Gasteiger partial charge in [-0.25, -0.2) is 4.98 Å². The maximum absolute atomic E-state index is 12.5. The van der Waals surface area contributed by atoms with Gasteiger partial charge in [0.05, 0.1) is 5.75 Å². The monoisotopic (exact) mass is 372 g/mol. The Morgan fingerprint density at radius 3 is 2.77 bits per heavy atom. The zero-order valence-corrected chi connectivity index (χ0v) is 16.3. The number of aromatic amines is 1. The van der Waals surface area contributed by atoms with E-state index in [1.807, 2.05) is 30.0 Å². The number of H-pyrrole nitrogens is 1. The molecule has 1 amide bonds. The number of amides is 1. The molecule has 0 spiro atoms. The smallest absolute Gasteiger partial charge is 0.233 e. The van der Waals surface area contributed by atoms with Gasteiger partial charge >= 0.3 is 0 Å². The molecule has 1 aliphatic rings. The van der Waals surface area contributed by atoms with Gasteiger partial charge in [-0.1, -0.05) is 67.8 Å². The molecule has 2 aromatic rings. The minimum Gasteiger partial charge on any atom is -0.338 e. The Morgan fingerprint density at radius 2 is 2.04 bits per heavy atom. The highest BCUT2D eigenvalue weighted by Gasteiger charge is 2.17. The lowest BCUT2D eigenvalue weighted by Crippen LogP contribution is -2.31. The summed E-state index contributed by atoms with van der Waals surface area (Å²) >= 11 is 1.42. The number of hydrogen-bond acceptors (Lipinski definition) is 4. The molecule has 0 radical (unpaired) electrons. The van der Waals surface area contributed by atoms with E-state index >= 15 is 0 Å². The van der Waals surface area contributed by atoms with Crippen LogP contribution in [0.5, 0.6) is 0 Å². The van der Waals surface area contributed by atoms with Crippen molar-refractivity contribution in [2.24, 2.45) is 5.92 Å². The van der Waals surface area contributed by atoms with E-state index in [2.05, 4.69) is 27.3 Å². The predicted octanol–water partition coefficient (Wildman–Crippen LogP) is 4.07. The van der Waals surface area contributed by atoms with Crippen LogP contribution in [0.4, 0.5) is 0 Å². The van der Waals surface area contributed by atoms with Crippen LogP contribution >= 0.6 is 11.8 Å². The molecule has 1 aromatic heterocycles. The summed E-state index contributed by atoms with van der Waals surface area (Å²) in [7, 11) is 0. The average molecular weight is 373 g/mol. The van der Waals surface area contributed by atoms with Crippen LogP contribution in [0, 0.1) is 5.92 Å². The highest BCUT2D eigenvalue weighted by molar-refractivity contribution is 7.99. The molecule has 0 saturated heterocycles. The zero-order chi connectivity index (χ0) is 18.2. The lowest BCUT2D eigenvalue weighted by molar-refractivity contribution is -0.128. The predicted molar refractivity (Wildman–Crippen MR) is 105 cm³/mol. The number of benzene rings is 1. The van der Waals surface area contributed by atoms with Crippen molar-refractivity contribution in [3.8, 4) is 0 Å². The first-order valence-electron chi connectivity index (χ1n) is 9.60. The summed E-state index contributed by atoms with van der Waals surface area (Å²) < 4.78 is 0. The van der Waals surface area contributed by atoms with Crippen LogP contribution in [0.2, 0.25) is 0 Å². The number of nitrogens with one attached hydrogen (secondary N) is 1. The van der Waals surface area contributed by atoms with Crippen LogP contribution in [0.15, 0.2) is 35.5 Å². The highest BCUT2D eigenvalue weighted by Crippen LogP contribution is 2.28. The van der Waals surface area contributed by atoms with E-state index in [0.717, 1.165) is 23.7 Å². The standard InChI is InChI=1S/C20H28N4OS/c1-2-24(14-17-10-4-3-5-11-17)19(25)15-26-20-21-18(22-23-20)13-12-16-8-6-7-9-16/h3-5,10-11,16H,2,6-9,12-15H2,1H3,(H,21,22,23). The van der Waals surface area contributed by atoms with Crippen LogP contribution in [0.3, 0.4) is 0 Å². The Labute approximate surface area is 160 Å². The van der Waals surface area contributed by atoms with Crippen LogP contribution in [-0.4, -0.2) is 38.3 Å². The van der Waals surface area contributed by atoms with Gasteiger partial charge in [0.2, 0.25) is 11.1 Å². The van der Waals surface area contributed by atoms with Crippen LogP contribution in [0.1, 0.15) is 50.4 Å². The van der Waals surface area contributed by atoms with Crippen LogP contribution < -0.4 is 0 Å².